The fourth-order valence-electron chi connectivity index (χ4n) is 1.42. The van der Waals surface area contributed by atoms with Crippen molar-refractivity contribution in [3.8, 4) is 0 Å². The number of halogens is 6. The highest BCUT2D eigenvalue weighted by molar-refractivity contribution is 5.41. The van der Waals surface area contributed by atoms with Crippen LogP contribution in [0.4, 0.5) is 32.0 Å². The summed E-state index contributed by atoms with van der Waals surface area (Å²) in [5, 5.41) is 9.51. The van der Waals surface area contributed by atoms with Crippen LogP contribution in [-0.4, -0.2) is 30.2 Å². The average molecular weight is 303 g/mol. The number of nitrogens with two attached hydrogens (primary N) is 1. The van der Waals surface area contributed by atoms with E-state index in [0.29, 0.717) is 0 Å². The summed E-state index contributed by atoms with van der Waals surface area (Å²) in [4.78, 5) is 0. The molecule has 114 valence electrons. The van der Waals surface area contributed by atoms with Crippen LogP contribution in [0.15, 0.2) is 24.3 Å². The van der Waals surface area contributed by atoms with Crippen molar-refractivity contribution in [3.05, 3.63) is 29.8 Å². The first-order chi connectivity index (χ1) is 9.01. The second kappa shape index (κ2) is 5.88. The summed E-state index contributed by atoms with van der Waals surface area (Å²) >= 11 is 0. The van der Waals surface area contributed by atoms with Crippen LogP contribution in [0.3, 0.4) is 0 Å². The number of hydrogen-bond acceptors (Lipinski definition) is 3. The standard InChI is InChI=1S/C11H11F6NO2/c12-10(13,14)9(11(15,16)17)20-5-8(19)6-2-1-3-7(18)4-6/h1-4,8-9,19H,5,18H2. The first-order valence-electron chi connectivity index (χ1n) is 5.30. The molecule has 1 unspecified atom stereocenters. The zero-order valence-electron chi connectivity index (χ0n) is 9.87. The molecule has 0 heterocycles. The van der Waals surface area contributed by atoms with Gasteiger partial charge >= 0.3 is 12.4 Å². The highest BCUT2D eigenvalue weighted by Crippen LogP contribution is 2.36. The first kappa shape index (κ1) is 16.6. The third-order valence-corrected chi connectivity index (χ3v) is 2.31. The van der Waals surface area contributed by atoms with Gasteiger partial charge in [0.15, 0.2) is 0 Å². The molecular weight excluding hydrogens is 292 g/mol. The Kier molecular flexibility index (Phi) is 4.87. The fraction of sp³-hybridized carbons (Fsp3) is 0.455. The van der Waals surface area contributed by atoms with Gasteiger partial charge in [0.05, 0.1) is 6.61 Å². The number of alkyl halides is 6. The molecule has 0 radical (unpaired) electrons. The predicted octanol–water partition coefficient (Wildman–Crippen LogP) is 2.81. The number of aliphatic hydroxyl groups excluding tert-OH is 1. The normalized spacial score (nSPS) is 14.6. The molecule has 1 rings (SSSR count). The Labute approximate surface area is 109 Å². The van der Waals surface area contributed by atoms with Gasteiger partial charge in [-0.1, -0.05) is 12.1 Å². The highest BCUT2D eigenvalue weighted by Gasteiger charge is 2.58. The van der Waals surface area contributed by atoms with Crippen molar-refractivity contribution < 1.29 is 36.2 Å². The van der Waals surface area contributed by atoms with E-state index >= 15 is 0 Å². The van der Waals surface area contributed by atoms with Crippen LogP contribution in [0.5, 0.6) is 0 Å². The summed E-state index contributed by atoms with van der Waals surface area (Å²) in [5.41, 5.74) is 5.65. The lowest BCUT2D eigenvalue weighted by Crippen LogP contribution is -2.45. The number of benzene rings is 1. The predicted molar refractivity (Wildman–Crippen MR) is 57.7 cm³/mol. The molecule has 0 aromatic heterocycles. The lowest BCUT2D eigenvalue weighted by molar-refractivity contribution is -0.324. The van der Waals surface area contributed by atoms with Crippen molar-refractivity contribution >= 4 is 5.69 Å². The molecule has 0 aliphatic carbocycles. The smallest absolute Gasteiger partial charge is 0.399 e. The van der Waals surface area contributed by atoms with Gasteiger partial charge in [-0.15, -0.1) is 0 Å². The quantitative estimate of drug-likeness (QED) is 0.664. The molecule has 3 N–H and O–H groups in total. The summed E-state index contributed by atoms with van der Waals surface area (Å²) in [6.07, 6.45) is -16.8. The van der Waals surface area contributed by atoms with Gasteiger partial charge in [0.2, 0.25) is 6.10 Å². The van der Waals surface area contributed by atoms with Gasteiger partial charge in [-0.25, -0.2) is 0 Å². The lowest BCUT2D eigenvalue weighted by atomic mass is 10.1. The topological polar surface area (TPSA) is 55.5 Å². The zero-order valence-corrected chi connectivity index (χ0v) is 9.87. The van der Waals surface area contributed by atoms with E-state index in [0.717, 1.165) is 0 Å². The van der Waals surface area contributed by atoms with E-state index in [1.807, 2.05) is 0 Å². The Balaban J connectivity index is 2.73. The zero-order chi connectivity index (χ0) is 15.6. The SMILES string of the molecule is Nc1cccc(C(O)COC(C(F)(F)F)C(F)(F)F)c1. The molecular formula is C11H11F6NO2. The Morgan fingerprint density at radius 3 is 2.10 bits per heavy atom. The Morgan fingerprint density at radius 1 is 1.10 bits per heavy atom. The van der Waals surface area contributed by atoms with E-state index in [9.17, 15) is 31.4 Å². The van der Waals surface area contributed by atoms with E-state index in [1.165, 1.54) is 24.3 Å². The fourth-order valence-corrected chi connectivity index (χ4v) is 1.42. The second-order valence-electron chi connectivity index (χ2n) is 3.98. The molecule has 9 heteroatoms. The molecule has 0 aliphatic rings. The molecule has 0 saturated carbocycles. The van der Waals surface area contributed by atoms with Crippen LogP contribution in [0.25, 0.3) is 0 Å². The first-order valence-corrected chi connectivity index (χ1v) is 5.30. The minimum Gasteiger partial charge on any atom is -0.399 e. The third-order valence-electron chi connectivity index (χ3n) is 2.31. The van der Waals surface area contributed by atoms with Crippen molar-refractivity contribution in [1.29, 1.82) is 0 Å². The summed E-state index contributed by atoms with van der Waals surface area (Å²) in [5.74, 6) is 0. The van der Waals surface area contributed by atoms with Crippen molar-refractivity contribution in [2.75, 3.05) is 12.3 Å². The monoisotopic (exact) mass is 303 g/mol. The molecule has 1 aromatic rings. The van der Waals surface area contributed by atoms with Gasteiger partial charge in [0, 0.05) is 5.69 Å². The highest BCUT2D eigenvalue weighted by atomic mass is 19.4. The van der Waals surface area contributed by atoms with E-state index in [2.05, 4.69) is 4.74 Å². The van der Waals surface area contributed by atoms with Gasteiger partial charge in [-0.3, -0.25) is 0 Å². The lowest BCUT2D eigenvalue weighted by Gasteiger charge is -2.24. The van der Waals surface area contributed by atoms with E-state index < -0.39 is 31.2 Å². The summed E-state index contributed by atoms with van der Waals surface area (Å²) < 4.78 is 76.9. The molecule has 20 heavy (non-hydrogen) atoms. The van der Waals surface area contributed by atoms with Crippen LogP contribution in [0.2, 0.25) is 0 Å². The van der Waals surface area contributed by atoms with Crippen molar-refractivity contribution in [1.82, 2.24) is 0 Å². The summed E-state index contributed by atoms with van der Waals surface area (Å²) in [7, 11) is 0. The molecule has 0 bridgehead atoms. The Hall–Kier alpha value is -1.48. The molecule has 0 saturated heterocycles. The van der Waals surface area contributed by atoms with Crippen LogP contribution in [0.1, 0.15) is 11.7 Å². The molecule has 0 amide bonds. The number of ether oxygens (including phenoxy) is 1. The number of anilines is 1. The van der Waals surface area contributed by atoms with Crippen LogP contribution in [0, 0.1) is 0 Å². The minimum absolute atomic E-state index is 0.0631. The number of rotatable bonds is 4. The third kappa shape index (κ3) is 4.57. The maximum Gasteiger partial charge on any atom is 0.423 e. The van der Waals surface area contributed by atoms with Gasteiger partial charge in [-0.2, -0.15) is 26.3 Å². The van der Waals surface area contributed by atoms with Crippen molar-refractivity contribution in [3.63, 3.8) is 0 Å². The van der Waals surface area contributed by atoms with Crippen molar-refractivity contribution in [2.45, 2.75) is 24.6 Å². The summed E-state index contributed by atoms with van der Waals surface area (Å²) in [6, 6.07) is 5.38. The van der Waals surface area contributed by atoms with Crippen LogP contribution in [-0.2, 0) is 4.74 Å². The molecule has 0 aliphatic heterocycles. The minimum atomic E-state index is -5.60. The molecule has 1 atom stereocenters. The number of nitrogen functional groups attached to an aromatic ring is 1. The molecule has 0 fully saturated rings. The van der Waals surface area contributed by atoms with E-state index in [1.54, 1.807) is 0 Å². The van der Waals surface area contributed by atoms with Gasteiger partial charge < -0.3 is 15.6 Å². The Bertz CT molecular complexity index is 431. The van der Waals surface area contributed by atoms with E-state index in [-0.39, 0.29) is 11.3 Å². The second-order valence-corrected chi connectivity index (χ2v) is 3.98. The summed E-state index contributed by atoms with van der Waals surface area (Å²) in [6.45, 7) is -1.16. The number of aliphatic hydroxyl groups is 1. The van der Waals surface area contributed by atoms with Crippen molar-refractivity contribution in [2.24, 2.45) is 0 Å². The van der Waals surface area contributed by atoms with Gasteiger partial charge in [-0.05, 0) is 17.7 Å². The maximum atomic E-state index is 12.2. The van der Waals surface area contributed by atoms with Crippen LogP contribution >= 0.6 is 0 Å². The molecule has 0 spiro atoms. The number of hydrogen-bond donors (Lipinski definition) is 2. The molecule has 1 aromatic carbocycles. The van der Waals surface area contributed by atoms with Gasteiger partial charge in [0.25, 0.3) is 0 Å². The average Bonchev–Trinajstić information content (AvgIpc) is 2.25. The Morgan fingerprint density at radius 2 is 1.65 bits per heavy atom. The maximum absolute atomic E-state index is 12.2. The largest absolute Gasteiger partial charge is 0.423 e. The molecule has 3 nitrogen and oxygen atoms in total. The van der Waals surface area contributed by atoms with Crippen LogP contribution < -0.4 is 5.73 Å². The van der Waals surface area contributed by atoms with E-state index in [4.69, 9.17) is 5.73 Å². The van der Waals surface area contributed by atoms with Gasteiger partial charge in [0.1, 0.15) is 6.10 Å².